The summed E-state index contributed by atoms with van der Waals surface area (Å²) >= 11 is 0. The van der Waals surface area contributed by atoms with E-state index in [-0.39, 0.29) is 17.7 Å². The molecule has 0 atom stereocenters. The average Bonchev–Trinajstić information content (AvgIpc) is 3.70. The van der Waals surface area contributed by atoms with Crippen LogP contribution in [0.1, 0.15) is 28.8 Å². The zero-order chi connectivity index (χ0) is 22.8. The molecule has 5 rings (SSSR count). The second kappa shape index (κ2) is 9.02. The van der Waals surface area contributed by atoms with E-state index in [4.69, 9.17) is 0 Å². The van der Waals surface area contributed by atoms with E-state index < -0.39 is 0 Å². The minimum atomic E-state index is -0.00214. The predicted octanol–water partition coefficient (Wildman–Crippen LogP) is 3.89. The van der Waals surface area contributed by atoms with Gasteiger partial charge in [0.15, 0.2) is 0 Å². The first kappa shape index (κ1) is 21.1. The number of aromatic nitrogens is 2. The molecule has 2 fully saturated rings. The van der Waals surface area contributed by atoms with E-state index in [9.17, 15) is 9.59 Å². The van der Waals surface area contributed by atoms with Gasteiger partial charge in [-0.2, -0.15) is 0 Å². The van der Waals surface area contributed by atoms with Crippen LogP contribution < -0.4 is 5.32 Å². The van der Waals surface area contributed by atoms with Crippen LogP contribution in [0, 0.1) is 12.8 Å². The van der Waals surface area contributed by atoms with Gasteiger partial charge in [0, 0.05) is 55.1 Å². The van der Waals surface area contributed by atoms with Crippen LogP contribution in [-0.2, 0) is 4.79 Å². The standard InChI is InChI=1S/C26H27N5O2/c1-18-2-4-19(5-3-18)23-12-13-27-26(29-23)28-22-10-8-21(9-11-22)25(33)31-16-14-30(15-17-31)24(32)20-6-7-20/h2-5,8-13,20H,6-7,14-17H2,1H3,(H,27,28,29). The molecule has 168 valence electrons. The summed E-state index contributed by atoms with van der Waals surface area (Å²) in [6, 6.07) is 17.5. The largest absolute Gasteiger partial charge is 0.339 e. The molecular weight excluding hydrogens is 414 g/mol. The molecule has 1 saturated heterocycles. The number of hydrogen-bond acceptors (Lipinski definition) is 5. The number of nitrogens with one attached hydrogen (secondary N) is 1. The lowest BCUT2D eigenvalue weighted by Gasteiger charge is -2.35. The number of nitrogens with zero attached hydrogens (tertiary/aromatic N) is 4. The summed E-state index contributed by atoms with van der Waals surface area (Å²) in [7, 11) is 0. The second-order valence-electron chi connectivity index (χ2n) is 8.73. The Labute approximate surface area is 193 Å². The van der Waals surface area contributed by atoms with E-state index in [0.29, 0.717) is 37.7 Å². The first-order valence-corrected chi connectivity index (χ1v) is 11.4. The highest BCUT2D eigenvalue weighted by Gasteiger charge is 2.35. The van der Waals surface area contributed by atoms with Crippen LogP contribution in [-0.4, -0.2) is 57.8 Å². The Bertz CT molecular complexity index is 1150. The molecule has 33 heavy (non-hydrogen) atoms. The summed E-state index contributed by atoms with van der Waals surface area (Å²) in [5.74, 6) is 0.987. The molecule has 1 aromatic heterocycles. The van der Waals surface area contributed by atoms with Crippen molar-refractivity contribution >= 4 is 23.5 Å². The number of carbonyl (C=O) groups is 2. The number of aryl methyl sites for hydroxylation is 1. The Morgan fingerprint density at radius 1 is 0.879 bits per heavy atom. The maximum Gasteiger partial charge on any atom is 0.253 e. The monoisotopic (exact) mass is 441 g/mol. The van der Waals surface area contributed by atoms with E-state index >= 15 is 0 Å². The first-order valence-electron chi connectivity index (χ1n) is 11.4. The highest BCUT2D eigenvalue weighted by Crippen LogP contribution is 2.31. The van der Waals surface area contributed by atoms with Gasteiger partial charge in [0.2, 0.25) is 11.9 Å². The molecule has 0 bridgehead atoms. The molecule has 1 aliphatic carbocycles. The fourth-order valence-corrected chi connectivity index (χ4v) is 4.03. The van der Waals surface area contributed by atoms with Crippen molar-refractivity contribution in [2.75, 3.05) is 31.5 Å². The van der Waals surface area contributed by atoms with Crippen LogP contribution in [0.4, 0.5) is 11.6 Å². The molecule has 3 aromatic rings. The SMILES string of the molecule is Cc1ccc(-c2ccnc(Nc3ccc(C(=O)N4CCN(C(=O)C5CC5)CC4)cc3)n2)cc1. The number of anilines is 2. The smallest absolute Gasteiger partial charge is 0.253 e. The Morgan fingerprint density at radius 2 is 1.55 bits per heavy atom. The summed E-state index contributed by atoms with van der Waals surface area (Å²) < 4.78 is 0. The van der Waals surface area contributed by atoms with E-state index in [1.54, 1.807) is 6.20 Å². The summed E-state index contributed by atoms with van der Waals surface area (Å²) in [6.07, 6.45) is 3.76. The van der Waals surface area contributed by atoms with Crippen molar-refractivity contribution in [3.05, 3.63) is 71.9 Å². The Morgan fingerprint density at radius 3 is 2.21 bits per heavy atom. The minimum Gasteiger partial charge on any atom is -0.339 e. The third-order valence-electron chi connectivity index (χ3n) is 6.20. The van der Waals surface area contributed by atoms with Crippen LogP contribution in [0.3, 0.4) is 0 Å². The lowest BCUT2D eigenvalue weighted by atomic mass is 10.1. The lowest BCUT2D eigenvalue weighted by molar-refractivity contribution is -0.134. The van der Waals surface area contributed by atoms with Gasteiger partial charge in [0.05, 0.1) is 5.69 Å². The van der Waals surface area contributed by atoms with Crippen LogP contribution in [0.5, 0.6) is 0 Å². The molecule has 1 N–H and O–H groups in total. The van der Waals surface area contributed by atoms with Gasteiger partial charge in [-0.3, -0.25) is 9.59 Å². The van der Waals surface area contributed by atoms with E-state index in [2.05, 4.69) is 34.3 Å². The minimum absolute atomic E-state index is 0.00214. The maximum absolute atomic E-state index is 12.9. The van der Waals surface area contributed by atoms with Gasteiger partial charge in [-0.15, -0.1) is 0 Å². The molecular formula is C26H27N5O2. The third-order valence-corrected chi connectivity index (χ3v) is 6.20. The van der Waals surface area contributed by atoms with Crippen molar-refractivity contribution in [3.63, 3.8) is 0 Å². The molecule has 0 spiro atoms. The average molecular weight is 442 g/mol. The molecule has 2 aromatic carbocycles. The van der Waals surface area contributed by atoms with Gasteiger partial charge in [0.1, 0.15) is 0 Å². The number of carbonyl (C=O) groups excluding carboxylic acids is 2. The Balaban J connectivity index is 1.20. The van der Waals surface area contributed by atoms with Crippen LogP contribution >= 0.6 is 0 Å². The van der Waals surface area contributed by atoms with Gasteiger partial charge >= 0.3 is 0 Å². The van der Waals surface area contributed by atoms with Crippen LogP contribution in [0.25, 0.3) is 11.3 Å². The van der Waals surface area contributed by atoms with E-state index in [0.717, 1.165) is 29.8 Å². The van der Waals surface area contributed by atoms with E-state index in [1.807, 2.05) is 52.3 Å². The van der Waals surface area contributed by atoms with Crippen molar-refractivity contribution in [2.24, 2.45) is 5.92 Å². The highest BCUT2D eigenvalue weighted by atomic mass is 16.2. The Kier molecular flexibility index (Phi) is 5.77. The zero-order valence-corrected chi connectivity index (χ0v) is 18.7. The van der Waals surface area contributed by atoms with Gasteiger partial charge in [0.25, 0.3) is 5.91 Å². The molecule has 7 nitrogen and oxygen atoms in total. The third kappa shape index (κ3) is 4.87. The van der Waals surface area contributed by atoms with Gasteiger partial charge in [-0.1, -0.05) is 29.8 Å². The van der Waals surface area contributed by atoms with Gasteiger partial charge in [-0.05, 0) is 50.1 Å². The quantitative estimate of drug-likeness (QED) is 0.650. The fraction of sp³-hybridized carbons (Fsp3) is 0.308. The zero-order valence-electron chi connectivity index (χ0n) is 18.7. The number of piperazine rings is 1. The predicted molar refractivity (Wildman–Crippen MR) is 127 cm³/mol. The topological polar surface area (TPSA) is 78.4 Å². The number of amides is 2. The van der Waals surface area contributed by atoms with Gasteiger partial charge < -0.3 is 15.1 Å². The van der Waals surface area contributed by atoms with Crippen molar-refractivity contribution in [2.45, 2.75) is 19.8 Å². The van der Waals surface area contributed by atoms with Crippen molar-refractivity contribution in [1.82, 2.24) is 19.8 Å². The van der Waals surface area contributed by atoms with Crippen LogP contribution in [0.2, 0.25) is 0 Å². The number of hydrogen-bond donors (Lipinski definition) is 1. The molecule has 0 radical (unpaired) electrons. The molecule has 2 amide bonds. The maximum atomic E-state index is 12.9. The lowest BCUT2D eigenvalue weighted by Crippen LogP contribution is -2.51. The molecule has 7 heteroatoms. The van der Waals surface area contributed by atoms with Crippen molar-refractivity contribution in [1.29, 1.82) is 0 Å². The van der Waals surface area contributed by atoms with Crippen LogP contribution in [0.15, 0.2) is 60.8 Å². The number of rotatable bonds is 5. The van der Waals surface area contributed by atoms with Crippen molar-refractivity contribution < 1.29 is 9.59 Å². The van der Waals surface area contributed by atoms with E-state index in [1.165, 1.54) is 5.56 Å². The molecule has 2 aliphatic rings. The molecule has 0 unspecified atom stereocenters. The van der Waals surface area contributed by atoms with Crippen molar-refractivity contribution in [3.8, 4) is 11.3 Å². The summed E-state index contributed by atoms with van der Waals surface area (Å²) in [5.41, 5.74) is 4.53. The number of benzene rings is 2. The fourth-order valence-electron chi connectivity index (χ4n) is 4.03. The molecule has 1 saturated carbocycles. The summed E-state index contributed by atoms with van der Waals surface area (Å²) in [6.45, 7) is 4.46. The summed E-state index contributed by atoms with van der Waals surface area (Å²) in [4.78, 5) is 37.8. The second-order valence-corrected chi connectivity index (χ2v) is 8.73. The summed E-state index contributed by atoms with van der Waals surface area (Å²) in [5, 5.41) is 3.21. The molecule has 2 heterocycles. The Hall–Kier alpha value is -3.74. The molecule has 1 aliphatic heterocycles. The highest BCUT2D eigenvalue weighted by molar-refractivity contribution is 5.95. The van der Waals surface area contributed by atoms with Gasteiger partial charge in [-0.25, -0.2) is 9.97 Å². The first-order chi connectivity index (χ1) is 16.1. The normalized spacial score (nSPS) is 15.9.